The molecule has 0 amide bonds. The number of hydrogen-bond acceptors (Lipinski definition) is 4. The van der Waals surface area contributed by atoms with Gasteiger partial charge in [-0.2, -0.15) is 5.26 Å². The Kier molecular flexibility index (Phi) is 10.0. The molecular weight excluding hydrogens is 461 g/mol. The van der Waals surface area contributed by atoms with Gasteiger partial charge in [0.2, 0.25) is 0 Å². The van der Waals surface area contributed by atoms with Crippen molar-refractivity contribution >= 4 is 34.9 Å². The van der Waals surface area contributed by atoms with Crippen molar-refractivity contribution in [3.63, 3.8) is 0 Å². The van der Waals surface area contributed by atoms with E-state index in [1.807, 2.05) is 18.3 Å². The Morgan fingerprint density at radius 2 is 1.80 bits per heavy atom. The lowest BCUT2D eigenvalue weighted by Crippen LogP contribution is -3.28. The van der Waals surface area contributed by atoms with E-state index in [0.717, 1.165) is 30.4 Å². The number of nitrogens with zero attached hydrogens (tertiary/aromatic N) is 3. The fourth-order valence-electron chi connectivity index (χ4n) is 4.09. The summed E-state index contributed by atoms with van der Waals surface area (Å²) in [6.07, 6.45) is 3.68. The number of benzene rings is 1. The van der Waals surface area contributed by atoms with Crippen LogP contribution in [-0.2, 0) is 0 Å². The van der Waals surface area contributed by atoms with E-state index in [1.165, 1.54) is 48.2 Å². The van der Waals surface area contributed by atoms with Crippen LogP contribution in [-0.4, -0.2) is 50.8 Å². The van der Waals surface area contributed by atoms with E-state index < -0.39 is 0 Å². The molecular formula is C21H26Cl3N5S. The molecule has 0 unspecified atom stereocenters. The van der Waals surface area contributed by atoms with E-state index in [4.69, 9.17) is 16.9 Å². The number of aromatic nitrogens is 1. The zero-order valence-corrected chi connectivity index (χ0v) is 19.8. The number of nitrogens with one attached hydrogen (secondary N) is 2. The highest BCUT2D eigenvalue weighted by Gasteiger charge is 2.26. The number of pyridine rings is 1. The van der Waals surface area contributed by atoms with Gasteiger partial charge >= 0.3 is 0 Å². The van der Waals surface area contributed by atoms with E-state index >= 15 is 0 Å². The molecule has 9 heteroatoms. The molecule has 2 aliphatic heterocycles. The van der Waals surface area contributed by atoms with Crippen LogP contribution in [0.2, 0.25) is 5.02 Å². The third kappa shape index (κ3) is 5.94. The lowest BCUT2D eigenvalue weighted by Gasteiger charge is -2.33. The predicted octanol–water partition coefficient (Wildman–Crippen LogP) is -4.57. The molecule has 0 bridgehead atoms. The minimum Gasteiger partial charge on any atom is -1.00 e. The normalized spacial score (nSPS) is 19.5. The number of halogens is 3. The van der Waals surface area contributed by atoms with Crippen LogP contribution in [0.15, 0.2) is 46.3 Å². The van der Waals surface area contributed by atoms with Crippen LogP contribution in [0.1, 0.15) is 12.8 Å². The highest BCUT2D eigenvalue weighted by atomic mass is 35.5. The third-order valence-electron chi connectivity index (χ3n) is 5.61. The summed E-state index contributed by atoms with van der Waals surface area (Å²) in [7, 11) is 0. The Labute approximate surface area is 200 Å². The Hall–Kier alpha value is -1.20. The average Bonchev–Trinajstić information content (AvgIpc) is 2.72. The molecule has 3 heterocycles. The van der Waals surface area contributed by atoms with Gasteiger partial charge in [0.05, 0.1) is 36.2 Å². The first-order chi connectivity index (χ1) is 13.7. The average molecular weight is 487 g/mol. The highest BCUT2D eigenvalue weighted by molar-refractivity contribution is 7.99. The fourth-order valence-corrected chi connectivity index (χ4v) is 5.44. The van der Waals surface area contributed by atoms with Gasteiger partial charge in [-0.1, -0.05) is 23.4 Å². The summed E-state index contributed by atoms with van der Waals surface area (Å²) in [6.45, 7) is 7.92. The van der Waals surface area contributed by atoms with E-state index in [9.17, 15) is 0 Å². The Bertz CT molecular complexity index is 868. The van der Waals surface area contributed by atoms with E-state index in [0.29, 0.717) is 6.42 Å². The zero-order chi connectivity index (χ0) is 19.3. The van der Waals surface area contributed by atoms with Crippen molar-refractivity contribution in [2.45, 2.75) is 22.6 Å². The van der Waals surface area contributed by atoms with Crippen LogP contribution in [0.5, 0.6) is 0 Å². The van der Waals surface area contributed by atoms with Gasteiger partial charge in [0.15, 0.2) is 0 Å². The molecule has 0 saturated carbocycles. The van der Waals surface area contributed by atoms with Crippen molar-refractivity contribution in [3.8, 4) is 6.07 Å². The number of rotatable bonds is 6. The van der Waals surface area contributed by atoms with Gasteiger partial charge in [-0.3, -0.25) is 0 Å². The Balaban J connectivity index is 0.00000160. The first-order valence-corrected chi connectivity index (χ1v) is 11.2. The monoisotopic (exact) mass is 485 g/mol. The standard InChI is InChI=1S/C21H24ClN5S.2ClH/c22-17-5-6-18-20(16-17)28-19-4-1-8-24-21(19)27(18)11-3-10-26-14-12-25(13-15-26)9-2-7-23;;/h1,4-6,8,16H,2-3,9-15H2;2*1H. The summed E-state index contributed by atoms with van der Waals surface area (Å²) in [5.74, 6) is 1.06. The van der Waals surface area contributed by atoms with E-state index in [1.54, 1.807) is 21.6 Å². The topological polar surface area (TPSA) is 48.8 Å². The van der Waals surface area contributed by atoms with Crippen molar-refractivity contribution in [1.29, 1.82) is 5.26 Å². The minimum absolute atomic E-state index is 0. The summed E-state index contributed by atoms with van der Waals surface area (Å²) < 4.78 is 0. The number of hydrogen-bond donors (Lipinski definition) is 2. The first-order valence-electron chi connectivity index (χ1n) is 9.98. The first kappa shape index (κ1) is 25.1. The molecule has 4 rings (SSSR count). The lowest BCUT2D eigenvalue weighted by atomic mass is 10.2. The van der Waals surface area contributed by atoms with Crippen LogP contribution in [0.3, 0.4) is 0 Å². The van der Waals surface area contributed by atoms with Crippen molar-refractivity contribution in [1.82, 2.24) is 4.98 Å². The van der Waals surface area contributed by atoms with Crippen molar-refractivity contribution in [2.24, 2.45) is 0 Å². The maximum atomic E-state index is 8.76. The maximum Gasteiger partial charge on any atom is 0.147 e. The van der Waals surface area contributed by atoms with Crippen molar-refractivity contribution in [2.75, 3.05) is 50.7 Å². The molecule has 0 radical (unpaired) electrons. The number of quaternary nitrogens is 2. The number of anilines is 2. The Morgan fingerprint density at radius 1 is 1.07 bits per heavy atom. The van der Waals surface area contributed by atoms with Gasteiger partial charge in [-0.05, 0) is 30.3 Å². The van der Waals surface area contributed by atoms with Crippen LogP contribution in [0, 0.1) is 11.3 Å². The van der Waals surface area contributed by atoms with Gasteiger partial charge in [0.25, 0.3) is 0 Å². The number of nitriles is 1. The van der Waals surface area contributed by atoms with Crippen molar-refractivity contribution < 1.29 is 34.6 Å². The van der Waals surface area contributed by atoms with Crippen LogP contribution in [0.25, 0.3) is 0 Å². The lowest BCUT2D eigenvalue weighted by molar-refractivity contribution is -1.01. The second-order valence-electron chi connectivity index (χ2n) is 7.45. The Morgan fingerprint density at radius 3 is 2.53 bits per heavy atom. The minimum atomic E-state index is 0. The molecule has 0 spiro atoms. The molecule has 2 aromatic rings. The van der Waals surface area contributed by atoms with E-state index in [-0.39, 0.29) is 24.8 Å². The van der Waals surface area contributed by atoms with Gasteiger partial charge in [0.1, 0.15) is 32.0 Å². The van der Waals surface area contributed by atoms with Gasteiger partial charge in [-0.15, -0.1) is 0 Å². The summed E-state index contributed by atoms with van der Waals surface area (Å²) in [4.78, 5) is 12.7. The van der Waals surface area contributed by atoms with Gasteiger partial charge < -0.3 is 39.5 Å². The molecule has 162 valence electrons. The molecule has 2 aliphatic rings. The maximum absolute atomic E-state index is 8.76. The second-order valence-corrected chi connectivity index (χ2v) is 8.97. The molecule has 1 aromatic carbocycles. The molecule has 0 aliphatic carbocycles. The zero-order valence-electron chi connectivity index (χ0n) is 16.7. The second kappa shape index (κ2) is 12.0. The molecule has 1 aromatic heterocycles. The van der Waals surface area contributed by atoms with Gasteiger partial charge in [-0.25, -0.2) is 4.98 Å². The number of fused-ring (bicyclic) bond motifs is 2. The quantitative estimate of drug-likeness (QED) is 0.432. The summed E-state index contributed by atoms with van der Waals surface area (Å²) in [5.41, 5.74) is 1.21. The molecule has 0 atom stereocenters. The SMILES string of the molecule is N#CCC[NH+]1CC[NH+](CCCN2c3ccc(Cl)cc3Sc3cccnc32)CC1.[Cl-].[Cl-]. The molecule has 2 N–H and O–H groups in total. The van der Waals surface area contributed by atoms with Crippen molar-refractivity contribution in [3.05, 3.63) is 41.6 Å². The highest BCUT2D eigenvalue weighted by Crippen LogP contribution is 2.47. The largest absolute Gasteiger partial charge is 1.00 e. The van der Waals surface area contributed by atoms with Gasteiger partial charge in [0, 0.05) is 29.1 Å². The third-order valence-corrected chi connectivity index (χ3v) is 6.93. The van der Waals surface area contributed by atoms with E-state index in [2.05, 4.69) is 34.2 Å². The predicted molar refractivity (Wildman–Crippen MR) is 113 cm³/mol. The molecule has 1 fully saturated rings. The number of piperazine rings is 1. The van der Waals surface area contributed by atoms with Crippen LogP contribution < -0.4 is 39.5 Å². The fraction of sp³-hybridized carbons (Fsp3) is 0.429. The smallest absolute Gasteiger partial charge is 0.147 e. The van der Waals surface area contributed by atoms with Crippen LogP contribution >= 0.6 is 23.4 Å². The molecule has 1 saturated heterocycles. The molecule has 30 heavy (non-hydrogen) atoms. The summed E-state index contributed by atoms with van der Waals surface area (Å²) in [6, 6.07) is 12.5. The summed E-state index contributed by atoms with van der Waals surface area (Å²) in [5, 5.41) is 9.53. The molecule has 5 nitrogen and oxygen atoms in total. The summed E-state index contributed by atoms with van der Waals surface area (Å²) >= 11 is 7.98. The van der Waals surface area contributed by atoms with Crippen LogP contribution in [0.4, 0.5) is 11.5 Å².